The summed E-state index contributed by atoms with van der Waals surface area (Å²) in [4.78, 5) is 31.3. The number of halogens is 3. The minimum Gasteiger partial charge on any atom is -0.330 e. The number of aromatic nitrogens is 2. The summed E-state index contributed by atoms with van der Waals surface area (Å²) in [6.07, 6.45) is 15.7. The maximum atomic E-state index is 13.0. The minimum absolute atomic E-state index is 0.0238. The molecule has 2 heterocycles. The molecule has 5 aromatic carbocycles. The van der Waals surface area contributed by atoms with Crippen LogP contribution in [-0.4, -0.2) is 53.6 Å². The van der Waals surface area contributed by atoms with Crippen molar-refractivity contribution in [2.45, 2.75) is 114 Å². The van der Waals surface area contributed by atoms with Gasteiger partial charge in [-0.2, -0.15) is 0 Å². The number of rotatable bonds is 15. The van der Waals surface area contributed by atoms with Crippen LogP contribution >= 0.6 is 22.7 Å². The summed E-state index contributed by atoms with van der Waals surface area (Å²) in [5.74, 6) is 0.691. The SMILES string of the molecule is CN(CCCc1ccc(F)cc1)C1CCC(c2ccc3[nH]c(=O)sc3c2)CC1.NCCCc1ccc(F)cc1.O=c1[nH]c2ccc(C3CCC(NCCCc4ccc(F)cc4)CC3)cc2s1. The van der Waals surface area contributed by atoms with Gasteiger partial charge in [0.15, 0.2) is 0 Å². The first-order valence-electron chi connectivity index (χ1n) is 23.7. The predicted molar refractivity (Wildman–Crippen MR) is 269 cm³/mol. The van der Waals surface area contributed by atoms with Crippen LogP contribution in [0.1, 0.15) is 110 Å². The largest absolute Gasteiger partial charge is 0.330 e. The normalized spacial score (nSPS) is 18.5. The summed E-state index contributed by atoms with van der Waals surface area (Å²) in [6.45, 7) is 2.78. The highest BCUT2D eigenvalue weighted by atomic mass is 32.1. The Labute approximate surface area is 394 Å². The molecule has 0 spiro atoms. The number of fused-ring (bicyclic) bond motifs is 2. The third-order valence-corrected chi connectivity index (χ3v) is 15.0. The molecule has 5 N–H and O–H groups in total. The van der Waals surface area contributed by atoms with E-state index in [1.54, 1.807) is 24.3 Å². The summed E-state index contributed by atoms with van der Waals surface area (Å²) in [5, 5.41) is 3.69. The fourth-order valence-electron chi connectivity index (χ4n) is 9.49. The Balaban J connectivity index is 0.000000161. The summed E-state index contributed by atoms with van der Waals surface area (Å²) in [6, 6.07) is 34.3. The van der Waals surface area contributed by atoms with Gasteiger partial charge in [-0.1, -0.05) is 71.2 Å². The van der Waals surface area contributed by atoms with Gasteiger partial charge in [0.05, 0.1) is 20.4 Å². The third-order valence-electron chi connectivity index (χ3n) is 13.3. The van der Waals surface area contributed by atoms with Gasteiger partial charge < -0.3 is 25.9 Å². The molecule has 0 bridgehead atoms. The van der Waals surface area contributed by atoms with Crippen LogP contribution in [0.2, 0.25) is 0 Å². The number of aryl methyl sites for hydroxylation is 3. The Kier molecular flexibility index (Phi) is 18.4. The van der Waals surface area contributed by atoms with Gasteiger partial charge in [-0.05, 0) is 217 Å². The van der Waals surface area contributed by atoms with Crippen LogP contribution in [0.25, 0.3) is 20.4 Å². The number of nitrogens with zero attached hydrogens (tertiary/aromatic N) is 1. The van der Waals surface area contributed by atoms with Crippen molar-refractivity contribution in [3.63, 3.8) is 0 Å². The zero-order valence-electron chi connectivity index (χ0n) is 38.0. The Hall–Kier alpha value is -4.85. The van der Waals surface area contributed by atoms with E-state index in [0.29, 0.717) is 30.5 Å². The zero-order chi connectivity index (χ0) is 46.3. The van der Waals surface area contributed by atoms with Crippen molar-refractivity contribution < 1.29 is 13.2 Å². The second-order valence-electron chi connectivity index (χ2n) is 18.0. The molecule has 0 radical (unpaired) electrons. The van der Waals surface area contributed by atoms with E-state index in [2.05, 4.69) is 57.6 Å². The Bertz CT molecular complexity index is 2640. The third kappa shape index (κ3) is 14.8. The van der Waals surface area contributed by atoms with Gasteiger partial charge in [0, 0.05) is 12.1 Å². The highest BCUT2D eigenvalue weighted by molar-refractivity contribution is 7.16. The van der Waals surface area contributed by atoms with Crippen molar-refractivity contribution in [1.82, 2.24) is 20.2 Å². The first-order chi connectivity index (χ1) is 32.1. The van der Waals surface area contributed by atoms with Gasteiger partial charge in [-0.15, -0.1) is 0 Å². The van der Waals surface area contributed by atoms with Gasteiger partial charge in [0.2, 0.25) is 0 Å². The average Bonchev–Trinajstić information content (AvgIpc) is 3.91. The van der Waals surface area contributed by atoms with Gasteiger partial charge in [0.25, 0.3) is 0 Å². The smallest absolute Gasteiger partial charge is 0.305 e. The molecule has 7 aromatic rings. The van der Waals surface area contributed by atoms with E-state index in [0.717, 1.165) is 77.6 Å². The van der Waals surface area contributed by atoms with E-state index < -0.39 is 0 Å². The lowest BCUT2D eigenvalue weighted by Gasteiger charge is -2.35. The van der Waals surface area contributed by atoms with Crippen LogP contribution < -0.4 is 20.8 Å². The average molecular weight is 936 g/mol. The molecule has 0 unspecified atom stereocenters. The molecule has 12 heteroatoms. The van der Waals surface area contributed by atoms with Crippen LogP contribution in [-0.2, 0) is 19.3 Å². The Morgan fingerprint density at radius 1 is 0.576 bits per heavy atom. The van der Waals surface area contributed by atoms with Crippen molar-refractivity contribution >= 4 is 43.1 Å². The molecule has 0 saturated heterocycles. The molecule has 2 aromatic heterocycles. The van der Waals surface area contributed by atoms with E-state index in [1.807, 2.05) is 30.3 Å². The van der Waals surface area contributed by atoms with Crippen LogP contribution in [0.4, 0.5) is 13.2 Å². The van der Waals surface area contributed by atoms with Gasteiger partial charge >= 0.3 is 9.75 Å². The number of H-pyrrole nitrogens is 2. The number of nitrogens with two attached hydrogens (primary N) is 1. The molecular formula is C54H64F3N5O2S2. The van der Waals surface area contributed by atoms with Crippen LogP contribution in [0.3, 0.4) is 0 Å². The monoisotopic (exact) mass is 935 g/mol. The molecule has 0 amide bonds. The van der Waals surface area contributed by atoms with Gasteiger partial charge in [-0.3, -0.25) is 9.59 Å². The molecule has 0 aliphatic heterocycles. The molecule has 9 rings (SSSR count). The second kappa shape index (κ2) is 24.8. The molecule has 2 fully saturated rings. The van der Waals surface area contributed by atoms with E-state index in [4.69, 9.17) is 5.73 Å². The highest BCUT2D eigenvalue weighted by Gasteiger charge is 2.25. The Morgan fingerprint density at radius 2 is 1.00 bits per heavy atom. The molecule has 2 saturated carbocycles. The number of benzene rings is 5. The van der Waals surface area contributed by atoms with E-state index in [-0.39, 0.29) is 27.2 Å². The lowest BCUT2D eigenvalue weighted by molar-refractivity contribution is 0.181. The first-order valence-corrected chi connectivity index (χ1v) is 25.3. The van der Waals surface area contributed by atoms with Crippen LogP contribution in [0, 0.1) is 17.5 Å². The quantitative estimate of drug-likeness (QED) is 0.0766. The van der Waals surface area contributed by atoms with Crippen molar-refractivity contribution in [1.29, 1.82) is 0 Å². The number of aromatic amines is 2. The predicted octanol–water partition coefficient (Wildman–Crippen LogP) is 12.0. The van der Waals surface area contributed by atoms with Gasteiger partial charge in [-0.25, -0.2) is 13.2 Å². The summed E-state index contributed by atoms with van der Waals surface area (Å²) >= 11 is 2.60. The van der Waals surface area contributed by atoms with Crippen molar-refractivity contribution in [3.8, 4) is 0 Å². The minimum atomic E-state index is -0.179. The number of thiazole rings is 2. The number of hydrogen-bond acceptors (Lipinski definition) is 7. The maximum absolute atomic E-state index is 13.0. The summed E-state index contributed by atoms with van der Waals surface area (Å²) in [7, 11) is 2.24. The van der Waals surface area contributed by atoms with E-state index in [9.17, 15) is 22.8 Å². The number of hydrogen-bond donors (Lipinski definition) is 4. The molecule has 66 heavy (non-hydrogen) atoms. The fourth-order valence-corrected chi connectivity index (χ4v) is 11.1. The fraction of sp³-hybridized carbons (Fsp3) is 0.407. The second-order valence-corrected chi connectivity index (χ2v) is 20.0. The van der Waals surface area contributed by atoms with E-state index >= 15 is 0 Å². The van der Waals surface area contributed by atoms with Crippen LogP contribution in [0.15, 0.2) is 119 Å². The van der Waals surface area contributed by atoms with Crippen molar-refractivity contribution in [3.05, 3.63) is 174 Å². The molecule has 0 atom stereocenters. The summed E-state index contributed by atoms with van der Waals surface area (Å²) < 4.78 is 40.4. The van der Waals surface area contributed by atoms with Crippen molar-refractivity contribution in [2.24, 2.45) is 5.73 Å². The summed E-state index contributed by atoms with van der Waals surface area (Å²) in [5.41, 5.74) is 13.5. The standard InChI is InChI=1S/C23H27FN2OS.C22H25FN2OS.C9H12FN/c1-26(14-2-3-16-4-9-19(24)10-5-16)20-11-6-17(7-12-20)18-8-13-21-22(15-18)28-23(27)25-21;23-18-8-3-15(4-9-18)2-1-13-24-19-10-5-16(6-11-19)17-7-12-20-21(14-17)27-22(26)25-20;10-9-5-3-8(4-6-9)2-1-7-11/h4-5,8-10,13,15,17,20H,2-3,6-7,11-12,14H2,1H3,(H,25,27);3-4,7-9,12,14,16,19,24H,1-2,5-6,10-11,13H2,(H,25,26);3-6H,1-2,7,11H2. The number of nitrogens with one attached hydrogen (secondary N) is 3. The van der Waals surface area contributed by atoms with Crippen molar-refractivity contribution in [2.75, 3.05) is 26.7 Å². The topological polar surface area (TPSA) is 107 Å². The van der Waals surface area contributed by atoms with Crippen LogP contribution in [0.5, 0.6) is 0 Å². The molecular weight excluding hydrogens is 872 g/mol. The molecule has 2 aliphatic carbocycles. The molecule has 7 nitrogen and oxygen atoms in total. The van der Waals surface area contributed by atoms with Gasteiger partial charge in [0.1, 0.15) is 17.5 Å². The highest BCUT2D eigenvalue weighted by Crippen LogP contribution is 2.37. The maximum Gasteiger partial charge on any atom is 0.305 e. The zero-order valence-corrected chi connectivity index (χ0v) is 39.6. The lowest BCUT2D eigenvalue weighted by Crippen LogP contribution is -2.35. The lowest BCUT2D eigenvalue weighted by atomic mass is 9.81. The molecule has 2 aliphatic rings. The molecule has 350 valence electrons. The van der Waals surface area contributed by atoms with E-state index in [1.165, 1.54) is 121 Å². The Morgan fingerprint density at radius 3 is 1.45 bits per heavy atom. The first kappa shape index (κ1) is 49.1.